The Hall–Kier alpha value is -1.33. The van der Waals surface area contributed by atoms with Gasteiger partial charge in [0.1, 0.15) is 0 Å². The van der Waals surface area contributed by atoms with Crippen LogP contribution in [0.15, 0.2) is 18.2 Å². The van der Waals surface area contributed by atoms with Crippen molar-refractivity contribution in [2.75, 3.05) is 13.1 Å². The van der Waals surface area contributed by atoms with Gasteiger partial charge in [-0.2, -0.15) is 0 Å². The number of carbonyl (C=O) groups excluding carboxylic acids is 1. The molecule has 3 unspecified atom stereocenters. The lowest BCUT2D eigenvalue weighted by atomic mass is 9.94. The molecule has 1 fully saturated rings. The van der Waals surface area contributed by atoms with E-state index in [1.807, 2.05) is 11.8 Å². The minimum Gasteiger partial charge on any atom is -0.393 e. The van der Waals surface area contributed by atoms with Gasteiger partial charge < -0.3 is 5.11 Å². The molecule has 1 saturated heterocycles. The maximum atomic E-state index is 13.2. The third-order valence-corrected chi connectivity index (χ3v) is 4.02. The van der Waals surface area contributed by atoms with Crippen molar-refractivity contribution in [2.24, 2.45) is 5.92 Å². The summed E-state index contributed by atoms with van der Waals surface area (Å²) in [6.07, 6.45) is 0.285. The molecule has 20 heavy (non-hydrogen) atoms. The molecule has 1 aliphatic heterocycles. The fourth-order valence-electron chi connectivity index (χ4n) is 2.57. The van der Waals surface area contributed by atoms with E-state index in [4.69, 9.17) is 0 Å². The van der Waals surface area contributed by atoms with Crippen LogP contribution in [0, 0.1) is 17.6 Å². The summed E-state index contributed by atoms with van der Waals surface area (Å²) in [6, 6.07) is 2.81. The van der Waals surface area contributed by atoms with E-state index in [0.717, 1.165) is 12.1 Å². The van der Waals surface area contributed by atoms with Gasteiger partial charge in [-0.25, -0.2) is 8.78 Å². The van der Waals surface area contributed by atoms with E-state index in [1.54, 1.807) is 6.92 Å². The highest BCUT2D eigenvalue weighted by Gasteiger charge is 2.30. The smallest absolute Gasteiger partial charge is 0.179 e. The molecule has 3 atom stereocenters. The first-order chi connectivity index (χ1) is 9.40. The summed E-state index contributed by atoms with van der Waals surface area (Å²) in [5.41, 5.74) is 0.176. The lowest BCUT2D eigenvalue weighted by Crippen LogP contribution is -2.48. The van der Waals surface area contributed by atoms with Gasteiger partial charge in [-0.1, -0.05) is 6.92 Å². The summed E-state index contributed by atoms with van der Waals surface area (Å²) in [7, 11) is 0. The zero-order valence-electron chi connectivity index (χ0n) is 11.6. The summed E-state index contributed by atoms with van der Waals surface area (Å²) in [5, 5.41) is 9.70. The number of Topliss-reactive ketones (excluding diaryl/α,β-unsaturated/α-hetero) is 1. The summed E-state index contributed by atoms with van der Waals surface area (Å²) < 4.78 is 26.1. The Labute approximate surface area is 117 Å². The molecule has 0 amide bonds. The molecule has 1 aromatic rings. The van der Waals surface area contributed by atoms with Crippen molar-refractivity contribution in [3.05, 3.63) is 35.4 Å². The number of carbonyl (C=O) groups is 1. The molecule has 110 valence electrons. The molecule has 0 radical (unpaired) electrons. The fourth-order valence-corrected chi connectivity index (χ4v) is 2.57. The molecule has 0 bridgehead atoms. The molecular weight excluding hydrogens is 264 g/mol. The standard InChI is InChI=1S/C15H19F2NO2/c1-9-8-18(6-5-14(9)19)10(2)15(20)11-3-4-12(16)13(17)7-11/h3-4,7,9-10,14,19H,5-6,8H2,1-2H3. The molecule has 1 heterocycles. The largest absolute Gasteiger partial charge is 0.393 e. The third-order valence-electron chi connectivity index (χ3n) is 4.02. The van der Waals surface area contributed by atoms with Crippen molar-refractivity contribution in [3.63, 3.8) is 0 Å². The topological polar surface area (TPSA) is 40.5 Å². The number of aliphatic hydroxyl groups is 1. The van der Waals surface area contributed by atoms with Crippen LogP contribution in [-0.4, -0.2) is 41.0 Å². The second kappa shape index (κ2) is 5.97. The number of ketones is 1. The van der Waals surface area contributed by atoms with Crippen LogP contribution in [0.5, 0.6) is 0 Å². The van der Waals surface area contributed by atoms with Crippen molar-refractivity contribution in [1.29, 1.82) is 0 Å². The van der Waals surface area contributed by atoms with Crippen LogP contribution in [0.4, 0.5) is 8.78 Å². The first kappa shape index (κ1) is 15.1. The quantitative estimate of drug-likeness (QED) is 0.865. The van der Waals surface area contributed by atoms with E-state index >= 15 is 0 Å². The van der Waals surface area contributed by atoms with Gasteiger partial charge in [0.05, 0.1) is 12.1 Å². The number of hydrogen-bond donors (Lipinski definition) is 1. The van der Waals surface area contributed by atoms with E-state index in [-0.39, 0.29) is 23.4 Å². The second-order valence-electron chi connectivity index (χ2n) is 5.50. The van der Waals surface area contributed by atoms with E-state index in [9.17, 15) is 18.7 Å². The van der Waals surface area contributed by atoms with Crippen molar-refractivity contribution in [2.45, 2.75) is 32.4 Å². The SMILES string of the molecule is CC1CN(C(C)C(=O)c2ccc(F)c(F)c2)CCC1O. The predicted molar refractivity (Wildman–Crippen MR) is 71.5 cm³/mol. The van der Waals surface area contributed by atoms with Crippen LogP contribution in [0.2, 0.25) is 0 Å². The fraction of sp³-hybridized carbons (Fsp3) is 0.533. The summed E-state index contributed by atoms with van der Waals surface area (Å²) in [6.45, 7) is 4.94. The van der Waals surface area contributed by atoms with Gasteiger partial charge in [-0.3, -0.25) is 9.69 Å². The van der Waals surface area contributed by atoms with Crippen LogP contribution in [-0.2, 0) is 0 Å². The van der Waals surface area contributed by atoms with Crippen molar-refractivity contribution >= 4 is 5.78 Å². The lowest BCUT2D eigenvalue weighted by Gasteiger charge is -2.37. The van der Waals surface area contributed by atoms with E-state index in [1.165, 1.54) is 6.07 Å². The van der Waals surface area contributed by atoms with Crippen LogP contribution in [0.1, 0.15) is 30.6 Å². The van der Waals surface area contributed by atoms with Gasteiger partial charge in [0.25, 0.3) is 0 Å². The van der Waals surface area contributed by atoms with Crippen LogP contribution < -0.4 is 0 Å². The summed E-state index contributed by atoms with van der Waals surface area (Å²) in [5.74, 6) is -2.09. The summed E-state index contributed by atoms with van der Waals surface area (Å²) >= 11 is 0. The van der Waals surface area contributed by atoms with Crippen molar-refractivity contribution in [3.8, 4) is 0 Å². The van der Waals surface area contributed by atoms with Crippen LogP contribution in [0.25, 0.3) is 0 Å². The Morgan fingerprint density at radius 3 is 2.70 bits per heavy atom. The van der Waals surface area contributed by atoms with Gasteiger partial charge in [0, 0.05) is 18.7 Å². The number of hydrogen-bond acceptors (Lipinski definition) is 3. The number of likely N-dealkylation sites (tertiary alicyclic amines) is 1. The molecule has 0 saturated carbocycles. The average Bonchev–Trinajstić information content (AvgIpc) is 2.43. The van der Waals surface area contributed by atoms with Crippen molar-refractivity contribution in [1.82, 2.24) is 4.90 Å². The van der Waals surface area contributed by atoms with E-state index in [2.05, 4.69) is 0 Å². The molecule has 0 aliphatic carbocycles. The normalized spacial score (nSPS) is 25.4. The molecule has 5 heteroatoms. The maximum Gasteiger partial charge on any atom is 0.179 e. The zero-order valence-corrected chi connectivity index (χ0v) is 11.6. The van der Waals surface area contributed by atoms with Gasteiger partial charge in [-0.15, -0.1) is 0 Å². The van der Waals surface area contributed by atoms with E-state index < -0.39 is 17.7 Å². The zero-order chi connectivity index (χ0) is 14.9. The Bertz CT molecular complexity index is 507. The molecule has 0 spiro atoms. The number of nitrogens with zero attached hydrogens (tertiary/aromatic N) is 1. The first-order valence-corrected chi connectivity index (χ1v) is 6.81. The second-order valence-corrected chi connectivity index (χ2v) is 5.50. The first-order valence-electron chi connectivity index (χ1n) is 6.81. The van der Waals surface area contributed by atoms with Gasteiger partial charge in [0.2, 0.25) is 0 Å². The van der Waals surface area contributed by atoms with Gasteiger partial charge >= 0.3 is 0 Å². The minimum atomic E-state index is -1.01. The monoisotopic (exact) mass is 283 g/mol. The lowest BCUT2D eigenvalue weighted by molar-refractivity contribution is 0.0205. The highest BCUT2D eigenvalue weighted by molar-refractivity contribution is 5.99. The molecule has 1 aliphatic rings. The number of aliphatic hydroxyl groups excluding tert-OH is 1. The average molecular weight is 283 g/mol. The summed E-state index contributed by atoms with van der Waals surface area (Å²) in [4.78, 5) is 14.3. The van der Waals surface area contributed by atoms with Gasteiger partial charge in [0.15, 0.2) is 17.4 Å². The molecule has 3 nitrogen and oxygen atoms in total. The number of benzene rings is 1. The predicted octanol–water partition coefficient (Wildman–Crippen LogP) is 2.24. The minimum absolute atomic E-state index is 0.101. The molecular formula is C15H19F2NO2. The Balaban J connectivity index is 2.10. The Morgan fingerprint density at radius 2 is 2.10 bits per heavy atom. The molecule has 1 aromatic carbocycles. The Kier molecular flexibility index (Phi) is 4.50. The third kappa shape index (κ3) is 3.04. The van der Waals surface area contributed by atoms with E-state index in [0.29, 0.717) is 19.5 Å². The number of rotatable bonds is 3. The Morgan fingerprint density at radius 1 is 1.40 bits per heavy atom. The van der Waals surface area contributed by atoms with Crippen LogP contribution >= 0.6 is 0 Å². The number of piperidine rings is 1. The van der Waals surface area contributed by atoms with Crippen molar-refractivity contribution < 1.29 is 18.7 Å². The highest BCUT2D eigenvalue weighted by atomic mass is 19.2. The molecule has 2 rings (SSSR count). The maximum absolute atomic E-state index is 13.2. The molecule has 1 N–H and O–H groups in total. The van der Waals surface area contributed by atoms with Crippen LogP contribution in [0.3, 0.4) is 0 Å². The molecule has 0 aromatic heterocycles. The highest BCUT2D eigenvalue weighted by Crippen LogP contribution is 2.21. The van der Waals surface area contributed by atoms with Gasteiger partial charge in [-0.05, 0) is 37.5 Å². The number of halogens is 2.